The lowest BCUT2D eigenvalue weighted by molar-refractivity contribution is 0.0666. The average Bonchev–Trinajstić information content (AvgIpc) is 2.89. The summed E-state index contributed by atoms with van der Waals surface area (Å²) in [6, 6.07) is 6.54. The second kappa shape index (κ2) is 5.73. The zero-order valence-corrected chi connectivity index (χ0v) is 12.8. The van der Waals surface area contributed by atoms with Gasteiger partial charge in [-0.15, -0.1) is 11.3 Å². The van der Waals surface area contributed by atoms with Gasteiger partial charge in [-0.25, -0.2) is 4.39 Å². The maximum absolute atomic E-state index is 13.2. The molecular formula is C16H19FN2OS. The van der Waals surface area contributed by atoms with Crippen molar-refractivity contribution in [3.05, 3.63) is 35.0 Å². The predicted octanol–water partition coefficient (Wildman–Crippen LogP) is 3.24. The Kier molecular flexibility index (Phi) is 3.95. The number of amides is 1. The van der Waals surface area contributed by atoms with Crippen LogP contribution in [0.3, 0.4) is 0 Å². The Bertz CT molecular complexity index is 667. The quantitative estimate of drug-likeness (QED) is 0.926. The summed E-state index contributed by atoms with van der Waals surface area (Å²) >= 11 is 1.43. The molecule has 1 saturated heterocycles. The summed E-state index contributed by atoms with van der Waals surface area (Å²) in [5, 5.41) is 0.795. The average molecular weight is 306 g/mol. The lowest BCUT2D eigenvalue weighted by Crippen LogP contribution is -2.44. The molecule has 2 atom stereocenters. The smallest absolute Gasteiger partial charge is 0.263 e. The summed E-state index contributed by atoms with van der Waals surface area (Å²) in [5.74, 6) is 0.144. The van der Waals surface area contributed by atoms with E-state index in [0.29, 0.717) is 10.8 Å². The van der Waals surface area contributed by atoms with Crippen LogP contribution in [-0.4, -0.2) is 29.9 Å². The van der Waals surface area contributed by atoms with Crippen molar-refractivity contribution < 1.29 is 9.18 Å². The molecule has 2 aromatic rings. The fourth-order valence-corrected chi connectivity index (χ4v) is 3.91. The van der Waals surface area contributed by atoms with E-state index in [-0.39, 0.29) is 17.8 Å². The summed E-state index contributed by atoms with van der Waals surface area (Å²) in [7, 11) is 0. The summed E-state index contributed by atoms with van der Waals surface area (Å²) in [5.41, 5.74) is 5.97. The van der Waals surface area contributed by atoms with Gasteiger partial charge in [0.15, 0.2) is 0 Å². The van der Waals surface area contributed by atoms with Gasteiger partial charge in [-0.1, -0.05) is 0 Å². The third kappa shape index (κ3) is 2.94. The number of benzene rings is 1. The molecule has 1 fully saturated rings. The zero-order chi connectivity index (χ0) is 15.0. The molecule has 0 radical (unpaired) electrons. The molecule has 0 unspecified atom stereocenters. The Hall–Kier alpha value is -1.46. The number of fused-ring (bicyclic) bond motifs is 1. The van der Waals surface area contributed by atoms with E-state index >= 15 is 0 Å². The standard InChI is InChI=1S/C16H19FN2OS/c1-10(18)11-3-2-6-19(9-11)16(20)15-8-12-7-13(17)4-5-14(12)21-15/h4-5,7-8,10-11H,2-3,6,9,18H2,1H3/t10-,11-/m0/s1. The number of likely N-dealkylation sites (tertiary alicyclic amines) is 1. The molecule has 3 nitrogen and oxygen atoms in total. The van der Waals surface area contributed by atoms with Gasteiger partial charge in [-0.2, -0.15) is 0 Å². The molecule has 1 aromatic heterocycles. The second-order valence-electron chi connectivity index (χ2n) is 5.81. The summed E-state index contributed by atoms with van der Waals surface area (Å²) < 4.78 is 14.2. The van der Waals surface area contributed by atoms with Crippen molar-refractivity contribution in [2.75, 3.05) is 13.1 Å². The first-order valence-corrected chi connectivity index (χ1v) is 8.10. The molecule has 0 spiro atoms. The molecule has 2 N–H and O–H groups in total. The minimum absolute atomic E-state index is 0.0435. The molecule has 0 bridgehead atoms. The van der Waals surface area contributed by atoms with Gasteiger partial charge in [0.1, 0.15) is 5.82 Å². The molecule has 0 saturated carbocycles. The van der Waals surface area contributed by atoms with Crippen LogP contribution in [0.1, 0.15) is 29.4 Å². The fourth-order valence-electron chi connectivity index (χ4n) is 2.90. The van der Waals surface area contributed by atoms with E-state index in [9.17, 15) is 9.18 Å². The highest BCUT2D eigenvalue weighted by molar-refractivity contribution is 7.20. The molecule has 0 aliphatic carbocycles. The van der Waals surface area contributed by atoms with Gasteiger partial charge in [0.2, 0.25) is 0 Å². The van der Waals surface area contributed by atoms with Crippen molar-refractivity contribution in [1.82, 2.24) is 4.90 Å². The van der Waals surface area contributed by atoms with Crippen LogP contribution in [-0.2, 0) is 0 Å². The molecule has 3 rings (SSSR count). The predicted molar refractivity (Wildman–Crippen MR) is 84.1 cm³/mol. The summed E-state index contributed by atoms with van der Waals surface area (Å²) in [6.45, 7) is 3.50. The normalized spacial score (nSPS) is 20.7. The molecule has 1 amide bonds. The number of nitrogens with zero attached hydrogens (tertiary/aromatic N) is 1. The van der Waals surface area contributed by atoms with Crippen LogP contribution in [0, 0.1) is 11.7 Å². The lowest BCUT2D eigenvalue weighted by Gasteiger charge is -2.34. The molecule has 5 heteroatoms. The largest absolute Gasteiger partial charge is 0.338 e. The maximum atomic E-state index is 13.2. The van der Waals surface area contributed by atoms with Gasteiger partial charge >= 0.3 is 0 Å². The van der Waals surface area contributed by atoms with Crippen LogP contribution in [0.5, 0.6) is 0 Å². The Balaban J connectivity index is 1.82. The lowest BCUT2D eigenvalue weighted by atomic mass is 9.92. The summed E-state index contributed by atoms with van der Waals surface area (Å²) in [4.78, 5) is 15.2. The van der Waals surface area contributed by atoms with Crippen molar-refractivity contribution in [3.63, 3.8) is 0 Å². The van der Waals surface area contributed by atoms with E-state index in [1.165, 1.54) is 23.5 Å². The van der Waals surface area contributed by atoms with Gasteiger partial charge in [-0.05, 0) is 55.3 Å². The number of thiophene rings is 1. The van der Waals surface area contributed by atoms with Gasteiger partial charge < -0.3 is 10.6 Å². The van der Waals surface area contributed by atoms with Crippen LogP contribution in [0.2, 0.25) is 0 Å². The monoisotopic (exact) mass is 306 g/mol. The van der Waals surface area contributed by atoms with Crippen LogP contribution in [0.25, 0.3) is 10.1 Å². The van der Waals surface area contributed by atoms with Crippen LogP contribution < -0.4 is 5.73 Å². The molecule has 21 heavy (non-hydrogen) atoms. The number of nitrogens with two attached hydrogens (primary N) is 1. The molecular weight excluding hydrogens is 287 g/mol. The number of piperidine rings is 1. The highest BCUT2D eigenvalue weighted by atomic mass is 32.1. The fraction of sp³-hybridized carbons (Fsp3) is 0.438. The molecule has 112 valence electrons. The maximum Gasteiger partial charge on any atom is 0.263 e. The van der Waals surface area contributed by atoms with E-state index in [1.54, 1.807) is 12.1 Å². The Morgan fingerprint density at radius 2 is 2.29 bits per heavy atom. The van der Waals surface area contributed by atoms with Gasteiger partial charge in [-0.3, -0.25) is 4.79 Å². The van der Waals surface area contributed by atoms with E-state index in [4.69, 9.17) is 5.73 Å². The molecule has 1 aliphatic heterocycles. The topological polar surface area (TPSA) is 46.3 Å². The Morgan fingerprint density at radius 3 is 3.05 bits per heavy atom. The number of hydrogen-bond donors (Lipinski definition) is 1. The SMILES string of the molecule is C[C@H](N)[C@H]1CCCN(C(=O)c2cc3cc(F)ccc3s2)C1. The first-order valence-electron chi connectivity index (χ1n) is 7.28. The third-order valence-corrected chi connectivity index (χ3v) is 5.28. The van der Waals surface area contributed by atoms with Crippen molar-refractivity contribution in [2.45, 2.75) is 25.8 Å². The number of halogens is 1. The van der Waals surface area contributed by atoms with Gasteiger partial charge in [0, 0.05) is 23.8 Å². The van der Waals surface area contributed by atoms with Crippen molar-refractivity contribution >= 4 is 27.3 Å². The third-order valence-electron chi connectivity index (χ3n) is 4.18. The molecule has 1 aromatic carbocycles. The van der Waals surface area contributed by atoms with Gasteiger partial charge in [0.05, 0.1) is 4.88 Å². The first kappa shape index (κ1) is 14.5. The molecule has 1 aliphatic rings. The van der Waals surface area contributed by atoms with E-state index in [0.717, 1.165) is 36.0 Å². The van der Waals surface area contributed by atoms with E-state index in [1.807, 2.05) is 11.8 Å². The second-order valence-corrected chi connectivity index (χ2v) is 6.89. The Labute approximate surface area is 127 Å². The first-order chi connectivity index (χ1) is 10.0. The van der Waals surface area contributed by atoms with Crippen molar-refractivity contribution in [3.8, 4) is 0 Å². The highest BCUT2D eigenvalue weighted by Gasteiger charge is 2.27. The number of carbonyl (C=O) groups excluding carboxylic acids is 1. The Morgan fingerprint density at radius 1 is 1.48 bits per heavy atom. The molecule has 2 heterocycles. The van der Waals surface area contributed by atoms with Crippen LogP contribution in [0.15, 0.2) is 24.3 Å². The zero-order valence-electron chi connectivity index (χ0n) is 12.0. The highest BCUT2D eigenvalue weighted by Crippen LogP contribution is 2.29. The van der Waals surface area contributed by atoms with Gasteiger partial charge in [0.25, 0.3) is 5.91 Å². The summed E-state index contributed by atoms with van der Waals surface area (Å²) in [6.07, 6.45) is 2.08. The van der Waals surface area contributed by atoms with Crippen LogP contribution >= 0.6 is 11.3 Å². The van der Waals surface area contributed by atoms with E-state index in [2.05, 4.69) is 0 Å². The van der Waals surface area contributed by atoms with Crippen molar-refractivity contribution in [1.29, 1.82) is 0 Å². The number of hydrogen-bond acceptors (Lipinski definition) is 3. The van der Waals surface area contributed by atoms with Crippen molar-refractivity contribution in [2.24, 2.45) is 11.7 Å². The van der Waals surface area contributed by atoms with Crippen LogP contribution in [0.4, 0.5) is 4.39 Å². The minimum Gasteiger partial charge on any atom is -0.338 e. The van der Waals surface area contributed by atoms with E-state index < -0.39 is 0 Å². The number of rotatable bonds is 2. The number of carbonyl (C=O) groups is 1. The minimum atomic E-state index is -0.269.